The highest BCUT2D eigenvalue weighted by Gasteiger charge is 2.28. The summed E-state index contributed by atoms with van der Waals surface area (Å²) >= 11 is 0. The van der Waals surface area contributed by atoms with E-state index in [9.17, 15) is 9.59 Å². The third kappa shape index (κ3) is 5.09. The fraction of sp³-hybridized carbons (Fsp3) is 0.421. The number of hydrogen-bond acceptors (Lipinski definition) is 5. The van der Waals surface area contributed by atoms with Crippen molar-refractivity contribution in [1.29, 1.82) is 0 Å². The Bertz CT molecular complexity index is 822. The number of carbonyl (C=O) groups excluding carboxylic acids is 2. The van der Waals surface area contributed by atoms with Crippen molar-refractivity contribution < 1.29 is 9.59 Å². The smallest absolute Gasteiger partial charge is 0.253 e. The number of hydrogen-bond donors (Lipinski definition) is 2. The summed E-state index contributed by atoms with van der Waals surface area (Å²) < 4.78 is 1.99. The molecule has 2 heterocycles. The monoisotopic (exact) mass is 406 g/mol. The molecule has 2 aromatic rings. The lowest BCUT2D eigenvalue weighted by Gasteiger charge is -2.35. The van der Waals surface area contributed by atoms with Crippen molar-refractivity contribution in [3.05, 3.63) is 48.0 Å². The summed E-state index contributed by atoms with van der Waals surface area (Å²) in [5.74, 6) is 0.738. The van der Waals surface area contributed by atoms with Crippen molar-refractivity contribution in [3.63, 3.8) is 0 Å². The minimum Gasteiger partial charge on any atom is -0.345 e. The van der Waals surface area contributed by atoms with E-state index >= 15 is 0 Å². The van der Waals surface area contributed by atoms with Crippen LogP contribution in [0.2, 0.25) is 0 Å². The van der Waals surface area contributed by atoms with Crippen LogP contribution >= 0.6 is 12.4 Å². The lowest BCUT2D eigenvalue weighted by molar-refractivity contribution is -0.118. The van der Waals surface area contributed by atoms with Crippen molar-refractivity contribution in [2.24, 2.45) is 7.05 Å². The van der Waals surface area contributed by atoms with Crippen molar-refractivity contribution in [1.82, 2.24) is 24.7 Å². The molecule has 1 atom stereocenters. The van der Waals surface area contributed by atoms with Crippen LogP contribution < -0.4 is 10.6 Å². The molecule has 0 aliphatic carbocycles. The normalized spacial score (nSPS) is 16.9. The Kier molecular flexibility index (Phi) is 7.56. The average molecular weight is 407 g/mol. The third-order valence-corrected chi connectivity index (χ3v) is 4.66. The molecule has 9 heteroatoms. The molecule has 152 valence electrons. The zero-order chi connectivity index (χ0) is 19.4. The third-order valence-electron chi connectivity index (χ3n) is 4.66. The van der Waals surface area contributed by atoms with Gasteiger partial charge in [0.2, 0.25) is 5.91 Å². The molecule has 28 heavy (non-hydrogen) atoms. The summed E-state index contributed by atoms with van der Waals surface area (Å²) in [6, 6.07) is 7.05. The summed E-state index contributed by atoms with van der Waals surface area (Å²) in [5, 5.41) is 6.27. The van der Waals surface area contributed by atoms with Crippen LogP contribution in [0.15, 0.2) is 36.7 Å². The SMILES string of the molecule is CN(C)C(=O)c1cccc(NC(=O)CN2CCNCC2c2nccn2C)c1.Cl. The van der Waals surface area contributed by atoms with Crippen LogP contribution in [-0.2, 0) is 11.8 Å². The number of carbonyl (C=O) groups is 2. The van der Waals surface area contributed by atoms with Gasteiger partial charge in [-0.25, -0.2) is 4.98 Å². The molecule has 1 fully saturated rings. The molecule has 1 aliphatic rings. The van der Waals surface area contributed by atoms with Gasteiger partial charge in [-0.2, -0.15) is 0 Å². The maximum atomic E-state index is 12.6. The lowest BCUT2D eigenvalue weighted by atomic mass is 10.1. The van der Waals surface area contributed by atoms with Crippen LogP contribution in [0.5, 0.6) is 0 Å². The number of amides is 2. The zero-order valence-corrected chi connectivity index (χ0v) is 17.2. The minimum absolute atomic E-state index is 0. The molecule has 2 N–H and O–H groups in total. The number of benzene rings is 1. The van der Waals surface area contributed by atoms with Gasteiger partial charge in [-0.1, -0.05) is 6.07 Å². The Morgan fingerprint density at radius 2 is 2.14 bits per heavy atom. The maximum Gasteiger partial charge on any atom is 0.253 e. The van der Waals surface area contributed by atoms with Crippen LogP contribution in [0.3, 0.4) is 0 Å². The molecule has 0 radical (unpaired) electrons. The first-order valence-corrected chi connectivity index (χ1v) is 8.99. The summed E-state index contributed by atoms with van der Waals surface area (Å²) in [6.07, 6.45) is 3.69. The predicted octanol–water partition coefficient (Wildman–Crippen LogP) is 1.13. The Morgan fingerprint density at radius 3 is 2.82 bits per heavy atom. The largest absolute Gasteiger partial charge is 0.345 e. The molecule has 1 unspecified atom stereocenters. The van der Waals surface area contributed by atoms with Crippen molar-refractivity contribution >= 4 is 29.9 Å². The second-order valence-electron chi connectivity index (χ2n) is 6.92. The number of nitrogens with one attached hydrogen (secondary N) is 2. The Balaban J connectivity index is 0.00000280. The van der Waals surface area contributed by atoms with E-state index in [4.69, 9.17) is 0 Å². The van der Waals surface area contributed by atoms with Crippen molar-refractivity contribution in [3.8, 4) is 0 Å². The zero-order valence-electron chi connectivity index (χ0n) is 16.4. The molecule has 1 aliphatic heterocycles. The number of imidazole rings is 1. The van der Waals surface area contributed by atoms with E-state index in [2.05, 4.69) is 20.5 Å². The summed E-state index contributed by atoms with van der Waals surface area (Å²) in [6.45, 7) is 2.63. The molecule has 3 rings (SSSR count). The fourth-order valence-electron chi connectivity index (χ4n) is 3.26. The van der Waals surface area contributed by atoms with E-state index < -0.39 is 0 Å². The maximum absolute atomic E-state index is 12.6. The molecular weight excluding hydrogens is 380 g/mol. The highest BCUT2D eigenvalue weighted by molar-refractivity contribution is 5.97. The molecule has 1 aromatic carbocycles. The number of aryl methyl sites for hydroxylation is 1. The number of piperazine rings is 1. The first kappa shape index (κ1) is 21.9. The highest BCUT2D eigenvalue weighted by atomic mass is 35.5. The van der Waals surface area contributed by atoms with E-state index in [1.54, 1.807) is 44.6 Å². The lowest BCUT2D eigenvalue weighted by Crippen LogP contribution is -2.49. The first-order chi connectivity index (χ1) is 13.0. The Labute approximate surface area is 171 Å². The van der Waals surface area contributed by atoms with Gasteiger partial charge in [-0.15, -0.1) is 12.4 Å². The molecule has 0 spiro atoms. The quantitative estimate of drug-likeness (QED) is 0.777. The number of aromatic nitrogens is 2. The number of nitrogens with zero attached hydrogens (tertiary/aromatic N) is 4. The molecule has 2 amide bonds. The first-order valence-electron chi connectivity index (χ1n) is 8.99. The van der Waals surface area contributed by atoms with Gasteiger partial charge in [0.25, 0.3) is 5.91 Å². The molecule has 1 aromatic heterocycles. The van der Waals surface area contributed by atoms with Crippen molar-refractivity contribution in [2.45, 2.75) is 6.04 Å². The molecule has 8 nitrogen and oxygen atoms in total. The van der Waals surface area contributed by atoms with Crippen LogP contribution in [0.4, 0.5) is 5.69 Å². The topological polar surface area (TPSA) is 82.5 Å². The highest BCUT2D eigenvalue weighted by Crippen LogP contribution is 2.20. The summed E-state index contributed by atoms with van der Waals surface area (Å²) in [5.41, 5.74) is 1.17. The van der Waals surface area contributed by atoms with Gasteiger partial charge in [0.05, 0.1) is 12.6 Å². The Morgan fingerprint density at radius 1 is 1.36 bits per heavy atom. The van der Waals surface area contributed by atoms with Gasteiger partial charge in [0, 0.05) is 64.4 Å². The van der Waals surface area contributed by atoms with Gasteiger partial charge < -0.3 is 20.1 Å². The molecule has 1 saturated heterocycles. The van der Waals surface area contributed by atoms with Crippen LogP contribution in [0, 0.1) is 0 Å². The second-order valence-corrected chi connectivity index (χ2v) is 6.92. The fourth-order valence-corrected chi connectivity index (χ4v) is 3.26. The standard InChI is InChI=1S/C19H26N6O2.ClH/c1-23(2)19(27)14-5-4-6-15(11-14)22-17(26)13-25-10-7-20-12-16(25)18-21-8-9-24(18)3;/h4-6,8-9,11,16,20H,7,10,12-13H2,1-3H3,(H,22,26);1H. The minimum atomic E-state index is -0.106. The number of halogens is 1. The average Bonchev–Trinajstić information content (AvgIpc) is 3.07. The van der Waals surface area contributed by atoms with Crippen LogP contribution in [0.25, 0.3) is 0 Å². The molecule has 0 bridgehead atoms. The summed E-state index contributed by atoms with van der Waals surface area (Å²) in [4.78, 5) is 32.8. The Hall–Kier alpha value is -2.42. The van der Waals surface area contributed by atoms with Crippen molar-refractivity contribution in [2.75, 3.05) is 45.6 Å². The van der Waals surface area contributed by atoms with E-state index in [0.29, 0.717) is 11.3 Å². The van der Waals surface area contributed by atoms with Gasteiger partial charge in [0.15, 0.2) is 0 Å². The van der Waals surface area contributed by atoms with Gasteiger partial charge in [-0.3, -0.25) is 14.5 Å². The van der Waals surface area contributed by atoms with E-state index in [1.165, 1.54) is 4.90 Å². The molecular formula is C19H27ClN6O2. The predicted molar refractivity (Wildman–Crippen MR) is 111 cm³/mol. The van der Waals surface area contributed by atoms with Crippen LogP contribution in [-0.4, -0.2) is 71.4 Å². The second kappa shape index (κ2) is 9.68. The number of rotatable bonds is 5. The van der Waals surface area contributed by atoms with Crippen LogP contribution in [0.1, 0.15) is 22.2 Å². The van der Waals surface area contributed by atoms with E-state index in [1.807, 2.05) is 17.8 Å². The summed E-state index contributed by atoms with van der Waals surface area (Å²) in [7, 11) is 5.37. The van der Waals surface area contributed by atoms with Gasteiger partial charge >= 0.3 is 0 Å². The molecule has 0 saturated carbocycles. The van der Waals surface area contributed by atoms with E-state index in [-0.39, 0.29) is 36.8 Å². The number of anilines is 1. The van der Waals surface area contributed by atoms with Gasteiger partial charge in [-0.05, 0) is 18.2 Å². The van der Waals surface area contributed by atoms with Gasteiger partial charge in [0.1, 0.15) is 5.82 Å². The van der Waals surface area contributed by atoms with E-state index in [0.717, 1.165) is 25.5 Å².